The largest absolute Gasteiger partial charge is 0.416 e. The highest BCUT2D eigenvalue weighted by atomic mass is 31.2. The molecule has 0 amide bonds. The number of anilines is 1. The Bertz CT molecular complexity index is 567. The summed E-state index contributed by atoms with van der Waals surface area (Å²) in [5.41, 5.74) is 0.429. The van der Waals surface area contributed by atoms with Crippen LogP contribution in [0.25, 0.3) is 0 Å². The number of benzene rings is 1. The summed E-state index contributed by atoms with van der Waals surface area (Å²) in [4.78, 5) is 0. The van der Waals surface area contributed by atoms with Crippen LogP contribution in [0.15, 0.2) is 18.2 Å². The topological polar surface area (TPSA) is 47.6 Å². The Labute approximate surface area is 127 Å². The third-order valence-corrected chi connectivity index (χ3v) is 5.83. The van der Waals surface area contributed by atoms with E-state index in [1.165, 1.54) is 6.07 Å². The maximum Gasteiger partial charge on any atom is 0.416 e. The average molecular weight is 337 g/mol. The lowest BCUT2D eigenvalue weighted by atomic mass is 10.0. The average Bonchev–Trinajstić information content (AvgIpc) is 2.45. The van der Waals surface area contributed by atoms with Crippen LogP contribution in [-0.4, -0.2) is 19.0 Å². The monoisotopic (exact) mass is 337 g/mol. The minimum atomic E-state index is -4.36. The number of alkyl halides is 3. The quantitative estimate of drug-likeness (QED) is 0.794. The number of nitrogens with one attached hydrogen (secondary N) is 1. The molecule has 1 atom stereocenters. The molecule has 1 aromatic carbocycles. The molecule has 0 radical (unpaired) electrons. The van der Waals surface area contributed by atoms with E-state index in [2.05, 4.69) is 5.32 Å². The third-order valence-electron chi connectivity index (χ3n) is 3.44. The highest BCUT2D eigenvalue weighted by molar-refractivity contribution is 7.54. The van der Waals surface area contributed by atoms with Crippen molar-refractivity contribution in [3.05, 3.63) is 29.3 Å². The third kappa shape index (κ3) is 3.65. The lowest BCUT2D eigenvalue weighted by molar-refractivity contribution is -0.137. The fourth-order valence-electron chi connectivity index (χ4n) is 2.48. The Kier molecular flexibility index (Phi) is 5.20. The van der Waals surface area contributed by atoms with Crippen molar-refractivity contribution in [2.75, 3.05) is 18.5 Å². The van der Waals surface area contributed by atoms with E-state index in [9.17, 15) is 17.7 Å². The van der Waals surface area contributed by atoms with Gasteiger partial charge in [-0.2, -0.15) is 13.2 Å². The molecular weight excluding hydrogens is 318 g/mol. The van der Waals surface area contributed by atoms with Gasteiger partial charge in [0, 0.05) is 5.69 Å². The standard InChI is InChI=1S/C14H19F3NO3P/c1-3-20-22(19,21-4-2)13-8-5-10-9-11(14(15,16)17)6-7-12(10)18-13/h6-7,9,13,18H,3-5,8H2,1-2H3. The first-order valence-corrected chi connectivity index (χ1v) is 8.76. The van der Waals surface area contributed by atoms with Gasteiger partial charge in [-0.1, -0.05) is 0 Å². The first-order valence-electron chi connectivity index (χ1n) is 7.15. The van der Waals surface area contributed by atoms with Crippen LogP contribution >= 0.6 is 7.60 Å². The van der Waals surface area contributed by atoms with Gasteiger partial charge in [-0.15, -0.1) is 0 Å². The highest BCUT2D eigenvalue weighted by Gasteiger charge is 2.38. The van der Waals surface area contributed by atoms with Crippen LogP contribution in [0.4, 0.5) is 18.9 Å². The summed E-state index contributed by atoms with van der Waals surface area (Å²) in [6.07, 6.45) is -3.58. The predicted molar refractivity (Wildman–Crippen MR) is 78.0 cm³/mol. The van der Waals surface area contributed by atoms with Gasteiger partial charge in [0.15, 0.2) is 0 Å². The number of hydrogen-bond donors (Lipinski definition) is 1. The van der Waals surface area contributed by atoms with Gasteiger partial charge in [-0.05, 0) is 50.5 Å². The van der Waals surface area contributed by atoms with Crippen molar-refractivity contribution in [3.63, 3.8) is 0 Å². The molecular formula is C14H19F3NO3P. The Morgan fingerprint density at radius 1 is 1.27 bits per heavy atom. The molecule has 4 nitrogen and oxygen atoms in total. The van der Waals surface area contributed by atoms with E-state index in [0.29, 0.717) is 24.1 Å². The van der Waals surface area contributed by atoms with E-state index >= 15 is 0 Å². The second kappa shape index (κ2) is 6.60. The van der Waals surface area contributed by atoms with Crippen molar-refractivity contribution >= 4 is 13.3 Å². The molecule has 1 aromatic rings. The van der Waals surface area contributed by atoms with Gasteiger partial charge in [0.25, 0.3) is 0 Å². The van der Waals surface area contributed by atoms with Crippen molar-refractivity contribution in [1.82, 2.24) is 0 Å². The SMILES string of the molecule is CCOP(=O)(OCC)C1CCc2cc(C(F)(F)F)ccc2N1. The minimum Gasteiger partial charge on any atom is -0.371 e. The lowest BCUT2D eigenvalue weighted by Gasteiger charge is -2.32. The Morgan fingerprint density at radius 2 is 1.91 bits per heavy atom. The van der Waals surface area contributed by atoms with Gasteiger partial charge < -0.3 is 14.4 Å². The Hall–Kier alpha value is -1.04. The van der Waals surface area contributed by atoms with Crippen molar-refractivity contribution < 1.29 is 26.8 Å². The van der Waals surface area contributed by atoms with Crippen LogP contribution in [0, 0.1) is 0 Å². The molecule has 0 spiro atoms. The Morgan fingerprint density at radius 3 is 2.45 bits per heavy atom. The van der Waals surface area contributed by atoms with E-state index in [1.807, 2.05) is 0 Å². The van der Waals surface area contributed by atoms with Crippen molar-refractivity contribution in [1.29, 1.82) is 0 Å². The number of halogens is 3. The maximum atomic E-state index is 12.7. The zero-order chi connectivity index (χ0) is 16.4. The highest BCUT2D eigenvalue weighted by Crippen LogP contribution is 2.55. The summed E-state index contributed by atoms with van der Waals surface area (Å²) in [5.74, 6) is -0.545. The molecule has 0 fully saturated rings. The summed E-state index contributed by atoms with van der Waals surface area (Å²) < 4.78 is 61.5. The van der Waals surface area contributed by atoms with Crippen molar-refractivity contribution in [2.24, 2.45) is 0 Å². The summed E-state index contributed by atoms with van der Waals surface area (Å²) in [6.45, 7) is 3.93. The molecule has 0 aromatic heterocycles. The van der Waals surface area contributed by atoms with E-state index in [4.69, 9.17) is 9.05 Å². The summed E-state index contributed by atoms with van der Waals surface area (Å²) in [5, 5.41) is 3.01. The van der Waals surface area contributed by atoms with Crippen LogP contribution < -0.4 is 5.32 Å². The molecule has 8 heteroatoms. The molecule has 0 aliphatic carbocycles. The smallest absolute Gasteiger partial charge is 0.371 e. The first kappa shape index (κ1) is 17.3. The Balaban J connectivity index is 2.23. The zero-order valence-corrected chi connectivity index (χ0v) is 13.3. The second-order valence-corrected chi connectivity index (χ2v) is 7.16. The fourth-order valence-corrected chi connectivity index (χ4v) is 4.37. The number of aryl methyl sites for hydroxylation is 1. The van der Waals surface area contributed by atoms with E-state index in [1.54, 1.807) is 13.8 Å². The van der Waals surface area contributed by atoms with Gasteiger partial charge in [-0.25, -0.2) is 0 Å². The van der Waals surface area contributed by atoms with Crippen molar-refractivity contribution in [2.45, 2.75) is 38.6 Å². The van der Waals surface area contributed by atoms with Gasteiger partial charge in [-0.3, -0.25) is 4.57 Å². The van der Waals surface area contributed by atoms with Gasteiger partial charge in [0.2, 0.25) is 0 Å². The lowest BCUT2D eigenvalue weighted by Crippen LogP contribution is -2.27. The maximum absolute atomic E-state index is 12.7. The van der Waals surface area contributed by atoms with E-state index in [-0.39, 0.29) is 13.2 Å². The van der Waals surface area contributed by atoms with Gasteiger partial charge >= 0.3 is 13.8 Å². The molecule has 1 heterocycles. The minimum absolute atomic E-state index is 0.245. The first-order chi connectivity index (χ1) is 10.3. The fraction of sp³-hybridized carbons (Fsp3) is 0.571. The van der Waals surface area contributed by atoms with Gasteiger partial charge in [0.1, 0.15) is 5.78 Å². The molecule has 1 aliphatic rings. The van der Waals surface area contributed by atoms with Crippen LogP contribution in [0.5, 0.6) is 0 Å². The summed E-state index contributed by atoms with van der Waals surface area (Å²) in [6, 6.07) is 3.51. The second-order valence-electron chi connectivity index (χ2n) is 4.94. The molecule has 0 saturated carbocycles. The molecule has 22 heavy (non-hydrogen) atoms. The summed E-state index contributed by atoms with van der Waals surface area (Å²) >= 11 is 0. The molecule has 0 bridgehead atoms. The zero-order valence-electron chi connectivity index (χ0n) is 12.4. The molecule has 124 valence electrons. The molecule has 1 aliphatic heterocycles. The van der Waals surface area contributed by atoms with Crippen molar-refractivity contribution in [3.8, 4) is 0 Å². The van der Waals surface area contributed by atoms with E-state index < -0.39 is 25.1 Å². The number of fused-ring (bicyclic) bond motifs is 1. The molecule has 1 N–H and O–H groups in total. The predicted octanol–water partition coefficient (Wildman–Crippen LogP) is 4.66. The van der Waals surface area contributed by atoms with Crippen LogP contribution in [-0.2, 0) is 26.2 Å². The van der Waals surface area contributed by atoms with Crippen LogP contribution in [0.3, 0.4) is 0 Å². The molecule has 2 rings (SSSR count). The van der Waals surface area contributed by atoms with E-state index in [0.717, 1.165) is 12.1 Å². The summed E-state index contributed by atoms with van der Waals surface area (Å²) in [7, 11) is -3.33. The number of hydrogen-bond acceptors (Lipinski definition) is 4. The van der Waals surface area contributed by atoms with Crippen LogP contribution in [0.1, 0.15) is 31.4 Å². The van der Waals surface area contributed by atoms with Crippen LogP contribution in [0.2, 0.25) is 0 Å². The molecule has 0 saturated heterocycles. The number of rotatable bonds is 5. The normalized spacial score (nSPS) is 18.7. The van der Waals surface area contributed by atoms with Gasteiger partial charge in [0.05, 0.1) is 18.8 Å². The molecule has 1 unspecified atom stereocenters.